The molecule has 0 radical (unpaired) electrons. The number of anilines is 1. The molecule has 3 aromatic rings. The summed E-state index contributed by atoms with van der Waals surface area (Å²) in [5, 5.41) is 0.696. The molecular formula is C13H11N3OS. The van der Waals surface area contributed by atoms with Crippen molar-refractivity contribution < 1.29 is 4.74 Å². The summed E-state index contributed by atoms with van der Waals surface area (Å²) in [6.07, 6.45) is 0. The summed E-state index contributed by atoms with van der Waals surface area (Å²) < 4.78 is 6.79. The molecule has 0 unspecified atom stereocenters. The average molecular weight is 257 g/mol. The molecule has 3 N–H and O–H groups in total. The van der Waals surface area contributed by atoms with Crippen molar-refractivity contribution >= 4 is 26.7 Å². The van der Waals surface area contributed by atoms with Gasteiger partial charge in [-0.2, -0.15) is 0 Å². The summed E-state index contributed by atoms with van der Waals surface area (Å²) in [5.74, 6) is 6.95. The number of hydrazine groups is 1. The van der Waals surface area contributed by atoms with Crippen LogP contribution < -0.4 is 16.0 Å². The van der Waals surface area contributed by atoms with Crippen molar-refractivity contribution in [3.63, 3.8) is 0 Å². The Morgan fingerprint density at radius 1 is 1.06 bits per heavy atom. The number of nitrogens with two attached hydrogens (primary N) is 1. The van der Waals surface area contributed by atoms with Gasteiger partial charge in [0.25, 0.3) is 0 Å². The van der Waals surface area contributed by atoms with E-state index in [-0.39, 0.29) is 0 Å². The number of benzene rings is 2. The number of para-hydroxylation sites is 1. The first-order valence-corrected chi connectivity index (χ1v) is 6.27. The van der Waals surface area contributed by atoms with E-state index >= 15 is 0 Å². The summed E-state index contributed by atoms with van der Waals surface area (Å²) in [6.45, 7) is 0. The molecule has 0 aliphatic carbocycles. The minimum absolute atomic E-state index is 0.696. The first-order valence-electron chi connectivity index (χ1n) is 5.45. The molecule has 1 aromatic heterocycles. The molecule has 0 aliphatic rings. The van der Waals surface area contributed by atoms with Crippen LogP contribution in [-0.4, -0.2) is 4.98 Å². The predicted octanol–water partition coefficient (Wildman–Crippen LogP) is 3.37. The van der Waals surface area contributed by atoms with Gasteiger partial charge in [0.05, 0.1) is 10.2 Å². The molecule has 0 fully saturated rings. The van der Waals surface area contributed by atoms with Gasteiger partial charge in [0.15, 0.2) is 5.13 Å². The van der Waals surface area contributed by atoms with Crippen molar-refractivity contribution in [1.82, 2.24) is 4.98 Å². The molecule has 18 heavy (non-hydrogen) atoms. The molecule has 0 bridgehead atoms. The number of ether oxygens (including phenoxy) is 1. The minimum Gasteiger partial charge on any atom is -0.457 e. The molecule has 0 saturated heterocycles. The van der Waals surface area contributed by atoms with Gasteiger partial charge in [-0.05, 0) is 24.3 Å². The fourth-order valence-corrected chi connectivity index (χ4v) is 2.46. The zero-order chi connectivity index (χ0) is 12.4. The molecule has 0 saturated carbocycles. The third-order valence-electron chi connectivity index (χ3n) is 2.46. The number of hydrogen-bond donors (Lipinski definition) is 2. The Balaban J connectivity index is 1.93. The van der Waals surface area contributed by atoms with Crippen molar-refractivity contribution in [1.29, 1.82) is 0 Å². The van der Waals surface area contributed by atoms with E-state index in [2.05, 4.69) is 10.4 Å². The van der Waals surface area contributed by atoms with Crippen LogP contribution in [0.15, 0.2) is 48.5 Å². The summed E-state index contributed by atoms with van der Waals surface area (Å²) in [7, 11) is 0. The Labute approximate surface area is 108 Å². The van der Waals surface area contributed by atoms with Crippen LogP contribution in [-0.2, 0) is 0 Å². The van der Waals surface area contributed by atoms with E-state index in [0.29, 0.717) is 5.13 Å². The summed E-state index contributed by atoms with van der Waals surface area (Å²) in [6, 6.07) is 15.5. The minimum atomic E-state index is 0.696. The van der Waals surface area contributed by atoms with Gasteiger partial charge in [0.2, 0.25) is 0 Å². The predicted molar refractivity (Wildman–Crippen MR) is 73.9 cm³/mol. The number of nitrogens with zero attached hydrogens (tertiary/aromatic N) is 1. The number of nitrogen functional groups attached to an aromatic ring is 1. The lowest BCUT2D eigenvalue weighted by atomic mass is 10.3. The Kier molecular flexibility index (Phi) is 2.84. The summed E-state index contributed by atoms with van der Waals surface area (Å²) >= 11 is 1.49. The van der Waals surface area contributed by atoms with Crippen molar-refractivity contribution in [2.45, 2.75) is 0 Å². The van der Waals surface area contributed by atoms with Crippen molar-refractivity contribution in [3.8, 4) is 11.5 Å². The largest absolute Gasteiger partial charge is 0.457 e. The van der Waals surface area contributed by atoms with Gasteiger partial charge in [-0.1, -0.05) is 29.5 Å². The number of nitrogens with one attached hydrogen (secondary N) is 1. The second-order valence-electron chi connectivity index (χ2n) is 3.71. The fraction of sp³-hybridized carbons (Fsp3) is 0. The average Bonchev–Trinajstić information content (AvgIpc) is 2.82. The Bertz CT molecular complexity index is 666. The lowest BCUT2D eigenvalue weighted by Gasteiger charge is -2.04. The van der Waals surface area contributed by atoms with Crippen LogP contribution in [0.4, 0.5) is 5.13 Å². The van der Waals surface area contributed by atoms with Gasteiger partial charge in [0, 0.05) is 6.07 Å². The van der Waals surface area contributed by atoms with Gasteiger partial charge < -0.3 is 4.74 Å². The van der Waals surface area contributed by atoms with Gasteiger partial charge >= 0.3 is 0 Å². The van der Waals surface area contributed by atoms with Gasteiger partial charge in [0.1, 0.15) is 11.5 Å². The third kappa shape index (κ3) is 2.13. The van der Waals surface area contributed by atoms with Crippen LogP contribution in [0.2, 0.25) is 0 Å². The van der Waals surface area contributed by atoms with E-state index in [0.717, 1.165) is 21.7 Å². The first kappa shape index (κ1) is 11.0. The van der Waals surface area contributed by atoms with Crippen molar-refractivity contribution in [2.75, 3.05) is 5.43 Å². The van der Waals surface area contributed by atoms with E-state index in [4.69, 9.17) is 10.6 Å². The van der Waals surface area contributed by atoms with E-state index < -0.39 is 0 Å². The quantitative estimate of drug-likeness (QED) is 0.558. The molecule has 0 atom stereocenters. The Morgan fingerprint density at radius 3 is 2.67 bits per heavy atom. The molecule has 0 spiro atoms. The molecule has 1 heterocycles. The standard InChI is InChI=1S/C13H11N3OS/c14-16-13-15-11-7-6-10(8-12(11)18-13)17-9-4-2-1-3-5-9/h1-8H,14H2,(H,15,16). The van der Waals surface area contributed by atoms with Crippen LogP contribution >= 0.6 is 11.3 Å². The number of rotatable bonds is 3. The first-order chi connectivity index (χ1) is 8.85. The monoisotopic (exact) mass is 257 g/mol. The second kappa shape index (κ2) is 4.64. The van der Waals surface area contributed by atoms with Gasteiger partial charge in [-0.15, -0.1) is 0 Å². The Hall–Kier alpha value is -2.11. The highest BCUT2D eigenvalue weighted by Crippen LogP contribution is 2.30. The highest BCUT2D eigenvalue weighted by molar-refractivity contribution is 7.22. The maximum Gasteiger partial charge on any atom is 0.198 e. The third-order valence-corrected chi connectivity index (χ3v) is 3.41. The van der Waals surface area contributed by atoms with Gasteiger partial charge in [-0.3, -0.25) is 5.43 Å². The topological polar surface area (TPSA) is 60.2 Å². The molecule has 4 nitrogen and oxygen atoms in total. The number of fused-ring (bicyclic) bond motifs is 1. The van der Waals surface area contributed by atoms with E-state index in [9.17, 15) is 0 Å². The zero-order valence-electron chi connectivity index (χ0n) is 9.46. The van der Waals surface area contributed by atoms with Crippen molar-refractivity contribution in [2.24, 2.45) is 5.84 Å². The van der Waals surface area contributed by atoms with Gasteiger partial charge in [-0.25, -0.2) is 10.8 Å². The summed E-state index contributed by atoms with van der Waals surface area (Å²) in [4.78, 5) is 4.31. The molecule has 2 aromatic carbocycles. The molecule has 0 aliphatic heterocycles. The second-order valence-corrected chi connectivity index (χ2v) is 4.74. The molecule has 0 amide bonds. The number of hydrogen-bond acceptors (Lipinski definition) is 5. The molecular weight excluding hydrogens is 246 g/mol. The van der Waals surface area contributed by atoms with E-state index in [1.165, 1.54) is 11.3 Å². The molecule has 90 valence electrons. The van der Waals surface area contributed by atoms with E-state index in [1.54, 1.807) is 0 Å². The maximum absolute atomic E-state index is 5.76. The van der Waals surface area contributed by atoms with Crippen LogP contribution in [0, 0.1) is 0 Å². The normalized spacial score (nSPS) is 10.5. The number of thiazole rings is 1. The highest BCUT2D eigenvalue weighted by atomic mass is 32.1. The fourth-order valence-electron chi connectivity index (χ4n) is 1.65. The van der Waals surface area contributed by atoms with Crippen LogP contribution in [0.3, 0.4) is 0 Å². The van der Waals surface area contributed by atoms with E-state index in [1.807, 2.05) is 48.5 Å². The molecule has 5 heteroatoms. The number of aromatic nitrogens is 1. The zero-order valence-corrected chi connectivity index (χ0v) is 10.3. The lowest BCUT2D eigenvalue weighted by molar-refractivity contribution is 0.483. The molecule has 3 rings (SSSR count). The van der Waals surface area contributed by atoms with Crippen LogP contribution in [0.25, 0.3) is 10.2 Å². The highest BCUT2D eigenvalue weighted by Gasteiger charge is 2.04. The smallest absolute Gasteiger partial charge is 0.198 e. The lowest BCUT2D eigenvalue weighted by Crippen LogP contribution is -2.05. The SMILES string of the molecule is NNc1nc2ccc(Oc3ccccc3)cc2s1. The Morgan fingerprint density at radius 2 is 1.89 bits per heavy atom. The van der Waals surface area contributed by atoms with Crippen LogP contribution in [0.1, 0.15) is 0 Å². The summed E-state index contributed by atoms with van der Waals surface area (Å²) in [5.41, 5.74) is 3.46. The van der Waals surface area contributed by atoms with Crippen molar-refractivity contribution in [3.05, 3.63) is 48.5 Å². The van der Waals surface area contributed by atoms with Crippen LogP contribution in [0.5, 0.6) is 11.5 Å². The maximum atomic E-state index is 5.76.